The van der Waals surface area contributed by atoms with E-state index < -0.39 is 15.4 Å². The molecule has 3 aromatic carbocycles. The molecule has 1 aliphatic carbocycles. The van der Waals surface area contributed by atoms with Crippen molar-refractivity contribution in [1.29, 1.82) is 0 Å². The minimum atomic E-state index is -3.61. The molecule has 0 aromatic heterocycles. The molecule has 2 fully saturated rings. The lowest BCUT2D eigenvalue weighted by atomic mass is 9.94. The van der Waals surface area contributed by atoms with Crippen molar-refractivity contribution in [2.45, 2.75) is 23.2 Å². The molecule has 0 bridgehead atoms. The molecule has 204 valence electrons. The predicted molar refractivity (Wildman–Crippen MR) is 146 cm³/mol. The zero-order valence-corrected chi connectivity index (χ0v) is 22.3. The SMILES string of the molecule is O=C(Nc1cccc(-c2ccc(S(=O)(=O)NCCN3CCOCC3)cc2)c1)C1(c2ccc3c(c2)OCO3)CC1. The summed E-state index contributed by atoms with van der Waals surface area (Å²) in [5.41, 5.74) is 2.78. The van der Waals surface area contributed by atoms with Gasteiger partial charge in [-0.1, -0.05) is 30.3 Å². The number of nitrogens with one attached hydrogen (secondary N) is 2. The summed E-state index contributed by atoms with van der Waals surface area (Å²) in [6.07, 6.45) is 1.54. The molecule has 2 N–H and O–H groups in total. The molecule has 3 aromatic rings. The zero-order valence-electron chi connectivity index (χ0n) is 21.5. The van der Waals surface area contributed by atoms with Crippen LogP contribution in [-0.2, 0) is 25.0 Å². The van der Waals surface area contributed by atoms with Gasteiger partial charge in [-0.15, -0.1) is 0 Å². The number of carbonyl (C=O) groups is 1. The Hall–Kier alpha value is -3.44. The molecule has 10 heteroatoms. The fourth-order valence-corrected chi connectivity index (χ4v) is 6.09. The van der Waals surface area contributed by atoms with Crippen molar-refractivity contribution >= 4 is 21.6 Å². The van der Waals surface area contributed by atoms with E-state index in [1.807, 2.05) is 42.5 Å². The molecule has 2 heterocycles. The van der Waals surface area contributed by atoms with Crippen molar-refractivity contribution in [2.75, 3.05) is 51.5 Å². The second kappa shape index (κ2) is 10.6. The summed E-state index contributed by atoms with van der Waals surface area (Å²) in [4.78, 5) is 15.7. The van der Waals surface area contributed by atoms with Crippen LogP contribution >= 0.6 is 0 Å². The maximum atomic E-state index is 13.3. The lowest BCUT2D eigenvalue weighted by Crippen LogP contribution is -2.41. The molecule has 1 saturated carbocycles. The van der Waals surface area contributed by atoms with Crippen molar-refractivity contribution in [2.24, 2.45) is 0 Å². The molecule has 0 unspecified atom stereocenters. The van der Waals surface area contributed by atoms with E-state index in [1.165, 1.54) is 0 Å². The lowest BCUT2D eigenvalue weighted by Gasteiger charge is -2.26. The van der Waals surface area contributed by atoms with E-state index in [1.54, 1.807) is 24.3 Å². The number of rotatable bonds is 9. The summed E-state index contributed by atoms with van der Waals surface area (Å²) in [6, 6.07) is 20.0. The fraction of sp³-hybridized carbons (Fsp3) is 0.345. The van der Waals surface area contributed by atoms with Gasteiger partial charge in [0.15, 0.2) is 11.5 Å². The van der Waals surface area contributed by atoms with Crippen LogP contribution in [0.5, 0.6) is 11.5 Å². The van der Waals surface area contributed by atoms with E-state index >= 15 is 0 Å². The maximum Gasteiger partial charge on any atom is 0.240 e. The lowest BCUT2D eigenvalue weighted by molar-refractivity contribution is -0.118. The summed E-state index contributed by atoms with van der Waals surface area (Å²) >= 11 is 0. The number of amides is 1. The number of hydrogen-bond donors (Lipinski definition) is 2. The number of hydrogen-bond acceptors (Lipinski definition) is 7. The van der Waals surface area contributed by atoms with Gasteiger partial charge in [0.2, 0.25) is 22.7 Å². The molecular weight excluding hydrogens is 518 g/mol. The number of sulfonamides is 1. The normalized spacial score (nSPS) is 18.1. The molecule has 6 rings (SSSR count). The first-order valence-electron chi connectivity index (χ1n) is 13.1. The van der Waals surface area contributed by atoms with E-state index in [2.05, 4.69) is 14.9 Å². The van der Waals surface area contributed by atoms with Crippen LogP contribution in [0.25, 0.3) is 11.1 Å². The summed E-state index contributed by atoms with van der Waals surface area (Å²) in [6.45, 7) is 4.18. The minimum absolute atomic E-state index is 0.0527. The first-order chi connectivity index (χ1) is 18.9. The fourth-order valence-electron chi connectivity index (χ4n) is 5.07. The largest absolute Gasteiger partial charge is 0.454 e. The molecule has 0 atom stereocenters. The van der Waals surface area contributed by atoms with E-state index in [-0.39, 0.29) is 17.6 Å². The summed E-state index contributed by atoms with van der Waals surface area (Å²) in [5, 5.41) is 3.08. The first-order valence-corrected chi connectivity index (χ1v) is 14.6. The number of nitrogens with zero attached hydrogens (tertiary/aromatic N) is 1. The van der Waals surface area contributed by atoms with Gasteiger partial charge in [0.05, 0.1) is 23.5 Å². The Kier molecular flexibility index (Phi) is 7.03. The van der Waals surface area contributed by atoms with Crippen LogP contribution in [0, 0.1) is 0 Å². The Morgan fingerprint density at radius 3 is 2.44 bits per heavy atom. The van der Waals surface area contributed by atoms with Gasteiger partial charge in [0, 0.05) is 31.9 Å². The van der Waals surface area contributed by atoms with Gasteiger partial charge in [-0.05, 0) is 65.9 Å². The van der Waals surface area contributed by atoms with Crippen molar-refractivity contribution in [3.05, 3.63) is 72.3 Å². The van der Waals surface area contributed by atoms with E-state index in [4.69, 9.17) is 14.2 Å². The third-order valence-electron chi connectivity index (χ3n) is 7.55. The summed E-state index contributed by atoms with van der Waals surface area (Å²) in [7, 11) is -3.61. The number of anilines is 1. The average molecular weight is 550 g/mol. The van der Waals surface area contributed by atoms with Gasteiger partial charge in [-0.25, -0.2) is 13.1 Å². The second-order valence-corrected chi connectivity index (χ2v) is 11.8. The van der Waals surface area contributed by atoms with E-state index in [9.17, 15) is 13.2 Å². The summed E-state index contributed by atoms with van der Waals surface area (Å²) in [5.74, 6) is 1.32. The van der Waals surface area contributed by atoms with Crippen molar-refractivity contribution in [3.8, 4) is 22.6 Å². The molecule has 0 radical (unpaired) electrons. The molecule has 39 heavy (non-hydrogen) atoms. The van der Waals surface area contributed by atoms with Crippen LogP contribution in [0.3, 0.4) is 0 Å². The average Bonchev–Trinajstić information content (AvgIpc) is 3.64. The number of ether oxygens (including phenoxy) is 3. The highest BCUT2D eigenvalue weighted by molar-refractivity contribution is 7.89. The van der Waals surface area contributed by atoms with Crippen molar-refractivity contribution < 1.29 is 27.4 Å². The molecule has 3 aliphatic rings. The Bertz CT molecular complexity index is 1460. The minimum Gasteiger partial charge on any atom is -0.454 e. The predicted octanol–water partition coefficient (Wildman–Crippen LogP) is 3.36. The van der Waals surface area contributed by atoms with Gasteiger partial charge in [-0.3, -0.25) is 9.69 Å². The molecule has 0 spiro atoms. The van der Waals surface area contributed by atoms with Crippen LogP contribution < -0.4 is 19.5 Å². The van der Waals surface area contributed by atoms with Gasteiger partial charge < -0.3 is 19.5 Å². The standard InChI is InChI=1S/C29H31N3O6S/c33-28(29(10-11-29)23-6-9-26-27(19-23)38-20-37-26)31-24-3-1-2-22(18-24)21-4-7-25(8-5-21)39(34,35)30-12-13-32-14-16-36-17-15-32/h1-9,18-19,30H,10-17,20H2,(H,31,33). The van der Waals surface area contributed by atoms with E-state index in [0.29, 0.717) is 43.5 Å². The number of morpholine rings is 1. The van der Waals surface area contributed by atoms with Crippen molar-refractivity contribution in [1.82, 2.24) is 9.62 Å². The maximum absolute atomic E-state index is 13.3. The van der Waals surface area contributed by atoms with Gasteiger partial charge >= 0.3 is 0 Å². The topological polar surface area (TPSA) is 106 Å². The van der Waals surface area contributed by atoms with Crippen LogP contribution in [0.15, 0.2) is 71.6 Å². The van der Waals surface area contributed by atoms with Gasteiger partial charge in [-0.2, -0.15) is 0 Å². The molecule has 1 saturated heterocycles. The quantitative estimate of drug-likeness (QED) is 0.422. The zero-order chi connectivity index (χ0) is 26.9. The second-order valence-electron chi connectivity index (χ2n) is 10.1. The van der Waals surface area contributed by atoms with Gasteiger partial charge in [0.25, 0.3) is 0 Å². The number of benzene rings is 3. The van der Waals surface area contributed by atoms with Crippen molar-refractivity contribution in [3.63, 3.8) is 0 Å². The first kappa shape index (κ1) is 25.8. The Balaban J connectivity index is 1.10. The molecule has 2 aliphatic heterocycles. The van der Waals surface area contributed by atoms with Crippen LogP contribution in [0.2, 0.25) is 0 Å². The molecule has 1 amide bonds. The van der Waals surface area contributed by atoms with E-state index in [0.717, 1.165) is 42.6 Å². The third kappa shape index (κ3) is 5.51. The number of carbonyl (C=O) groups excluding carboxylic acids is 1. The van der Waals surface area contributed by atoms with Crippen LogP contribution in [0.4, 0.5) is 5.69 Å². The Labute approximate surface area is 228 Å². The van der Waals surface area contributed by atoms with Gasteiger partial charge in [0.1, 0.15) is 0 Å². The third-order valence-corrected chi connectivity index (χ3v) is 9.03. The highest BCUT2D eigenvalue weighted by Crippen LogP contribution is 2.51. The highest BCUT2D eigenvalue weighted by Gasteiger charge is 2.51. The van der Waals surface area contributed by atoms with Crippen LogP contribution in [-0.4, -0.2) is 65.4 Å². The number of fused-ring (bicyclic) bond motifs is 1. The van der Waals surface area contributed by atoms with Crippen LogP contribution in [0.1, 0.15) is 18.4 Å². The molecular formula is C29H31N3O6S. The monoisotopic (exact) mass is 549 g/mol. The molecule has 9 nitrogen and oxygen atoms in total. The smallest absolute Gasteiger partial charge is 0.240 e. The highest BCUT2D eigenvalue weighted by atomic mass is 32.2. The Morgan fingerprint density at radius 1 is 0.897 bits per heavy atom. The summed E-state index contributed by atoms with van der Waals surface area (Å²) < 4.78 is 44.4. The Morgan fingerprint density at radius 2 is 1.67 bits per heavy atom.